The van der Waals surface area contributed by atoms with Gasteiger partial charge in [-0.05, 0) is 12.1 Å². The molecule has 0 aliphatic heterocycles. The first-order valence-electron chi connectivity index (χ1n) is 2.50. The topological polar surface area (TPSA) is 91.9 Å². The number of nitrogens with two attached hydrogens (primary N) is 1. The number of carboxylic acid groups (broad SMARTS) is 1. The number of nitrogen functional groups attached to an aromatic ring is 1. The molecule has 0 fully saturated rings. The minimum atomic E-state index is -1.35. The largest absolute Gasteiger partial charge is 0.543 e. The van der Waals surface area contributed by atoms with Crippen LogP contribution < -0.4 is 10.8 Å². The van der Waals surface area contributed by atoms with Crippen LogP contribution in [0.15, 0.2) is 12.1 Å². The predicted octanol–water partition coefficient (Wildman–Crippen LogP) is -1.58. The number of aromatic nitrogens is 2. The lowest BCUT2D eigenvalue weighted by molar-refractivity contribution is -0.255. The van der Waals surface area contributed by atoms with Crippen molar-refractivity contribution in [2.75, 3.05) is 5.73 Å². The third-order valence-electron chi connectivity index (χ3n) is 0.894. The fourth-order valence-electron chi connectivity index (χ4n) is 0.451. The summed E-state index contributed by atoms with van der Waals surface area (Å²) >= 11 is 0. The summed E-state index contributed by atoms with van der Waals surface area (Å²) in [5.74, 6) is -1.17. The second-order valence-corrected chi connectivity index (χ2v) is 1.63. The van der Waals surface area contributed by atoms with Crippen LogP contribution in [0.25, 0.3) is 0 Å². The Balaban J connectivity index is 3.00. The SMILES string of the molecule is Nc1ccc(C(=O)[O-])nn1. The van der Waals surface area contributed by atoms with E-state index in [0.717, 1.165) is 0 Å². The summed E-state index contributed by atoms with van der Waals surface area (Å²) in [5.41, 5.74) is 4.93. The van der Waals surface area contributed by atoms with E-state index in [4.69, 9.17) is 5.73 Å². The van der Waals surface area contributed by atoms with Crippen molar-refractivity contribution in [3.05, 3.63) is 17.8 Å². The molecule has 0 unspecified atom stereocenters. The van der Waals surface area contributed by atoms with Gasteiger partial charge in [-0.25, -0.2) is 0 Å². The van der Waals surface area contributed by atoms with Gasteiger partial charge in [-0.1, -0.05) is 0 Å². The zero-order chi connectivity index (χ0) is 7.56. The molecular weight excluding hydrogens is 134 g/mol. The highest BCUT2D eigenvalue weighted by atomic mass is 16.4. The average Bonchev–Trinajstić information content (AvgIpc) is 1.88. The quantitative estimate of drug-likeness (QED) is 0.505. The molecule has 0 aliphatic rings. The average molecular weight is 138 g/mol. The van der Waals surface area contributed by atoms with E-state index in [1.54, 1.807) is 0 Å². The third-order valence-corrected chi connectivity index (χ3v) is 0.894. The van der Waals surface area contributed by atoms with Crippen LogP contribution in [-0.2, 0) is 0 Å². The molecule has 0 saturated carbocycles. The molecule has 52 valence electrons. The summed E-state index contributed by atoms with van der Waals surface area (Å²) in [7, 11) is 0. The standard InChI is InChI=1S/C5H5N3O2/c6-4-2-1-3(5(9)10)7-8-4/h1-2H,(H2,6,8)(H,9,10)/p-1. The molecule has 0 amide bonds. The first-order chi connectivity index (χ1) is 4.70. The minimum absolute atomic E-state index is 0.185. The summed E-state index contributed by atoms with van der Waals surface area (Å²) in [4.78, 5) is 10.1. The lowest BCUT2D eigenvalue weighted by atomic mass is 10.4. The molecular formula is C5H4N3O2-. The first kappa shape index (κ1) is 6.47. The van der Waals surface area contributed by atoms with Crippen LogP contribution in [0.3, 0.4) is 0 Å². The lowest BCUT2D eigenvalue weighted by Crippen LogP contribution is -2.23. The number of hydrogen-bond acceptors (Lipinski definition) is 5. The highest BCUT2D eigenvalue weighted by Gasteiger charge is 1.93. The van der Waals surface area contributed by atoms with Crippen molar-refractivity contribution in [2.24, 2.45) is 0 Å². The van der Waals surface area contributed by atoms with Crippen LogP contribution in [0.5, 0.6) is 0 Å². The highest BCUT2D eigenvalue weighted by Crippen LogP contribution is 1.94. The molecule has 0 spiro atoms. The van der Waals surface area contributed by atoms with E-state index < -0.39 is 5.97 Å². The van der Waals surface area contributed by atoms with Gasteiger partial charge in [-0.15, -0.1) is 10.2 Å². The van der Waals surface area contributed by atoms with E-state index in [2.05, 4.69) is 10.2 Å². The third kappa shape index (κ3) is 1.19. The number of carbonyl (C=O) groups excluding carboxylic acids is 1. The van der Waals surface area contributed by atoms with E-state index in [-0.39, 0.29) is 11.5 Å². The molecule has 1 aromatic rings. The van der Waals surface area contributed by atoms with E-state index in [1.165, 1.54) is 12.1 Å². The van der Waals surface area contributed by atoms with Crippen molar-refractivity contribution < 1.29 is 9.90 Å². The zero-order valence-corrected chi connectivity index (χ0v) is 4.94. The molecule has 0 radical (unpaired) electrons. The minimum Gasteiger partial charge on any atom is -0.543 e. The van der Waals surface area contributed by atoms with E-state index >= 15 is 0 Å². The number of anilines is 1. The van der Waals surface area contributed by atoms with Gasteiger partial charge in [0, 0.05) is 0 Å². The van der Waals surface area contributed by atoms with Crippen molar-refractivity contribution >= 4 is 11.8 Å². The Bertz CT molecular complexity index is 244. The second kappa shape index (κ2) is 2.30. The molecule has 0 aliphatic carbocycles. The number of rotatable bonds is 1. The van der Waals surface area contributed by atoms with Gasteiger partial charge in [0.15, 0.2) is 0 Å². The number of hydrogen-bond donors (Lipinski definition) is 1. The summed E-state index contributed by atoms with van der Waals surface area (Å²) < 4.78 is 0. The summed E-state index contributed by atoms with van der Waals surface area (Å²) in [5, 5.41) is 16.6. The summed E-state index contributed by atoms with van der Waals surface area (Å²) in [6, 6.07) is 2.58. The fraction of sp³-hybridized carbons (Fsp3) is 0. The van der Waals surface area contributed by atoms with Crippen LogP contribution in [0.4, 0.5) is 5.82 Å². The van der Waals surface area contributed by atoms with Crippen LogP contribution >= 0.6 is 0 Å². The molecule has 2 N–H and O–H groups in total. The Morgan fingerprint density at radius 1 is 1.50 bits per heavy atom. The van der Waals surface area contributed by atoms with Gasteiger partial charge in [0.2, 0.25) is 0 Å². The maximum Gasteiger partial charge on any atom is 0.146 e. The molecule has 0 bridgehead atoms. The van der Waals surface area contributed by atoms with Gasteiger partial charge in [0.1, 0.15) is 11.5 Å². The van der Waals surface area contributed by atoms with Crippen LogP contribution in [0.2, 0.25) is 0 Å². The van der Waals surface area contributed by atoms with Crippen molar-refractivity contribution in [1.82, 2.24) is 10.2 Å². The molecule has 0 atom stereocenters. The molecule has 1 aromatic heterocycles. The fourth-order valence-corrected chi connectivity index (χ4v) is 0.451. The maximum absolute atomic E-state index is 10.1. The number of aromatic carboxylic acids is 1. The number of carbonyl (C=O) groups is 1. The van der Waals surface area contributed by atoms with Crippen molar-refractivity contribution in [2.45, 2.75) is 0 Å². The van der Waals surface area contributed by atoms with Crippen LogP contribution in [-0.4, -0.2) is 16.2 Å². The second-order valence-electron chi connectivity index (χ2n) is 1.63. The molecule has 5 nitrogen and oxygen atoms in total. The Morgan fingerprint density at radius 3 is 2.60 bits per heavy atom. The van der Waals surface area contributed by atoms with Crippen LogP contribution in [0.1, 0.15) is 10.5 Å². The predicted molar refractivity (Wildman–Crippen MR) is 30.8 cm³/mol. The van der Waals surface area contributed by atoms with Gasteiger partial charge >= 0.3 is 0 Å². The molecule has 10 heavy (non-hydrogen) atoms. The molecule has 1 heterocycles. The van der Waals surface area contributed by atoms with Crippen molar-refractivity contribution in [1.29, 1.82) is 0 Å². The Kier molecular flexibility index (Phi) is 1.49. The smallest absolute Gasteiger partial charge is 0.146 e. The Morgan fingerprint density at radius 2 is 2.20 bits per heavy atom. The maximum atomic E-state index is 10.1. The van der Waals surface area contributed by atoms with E-state index in [1.807, 2.05) is 0 Å². The van der Waals surface area contributed by atoms with E-state index in [9.17, 15) is 9.90 Å². The van der Waals surface area contributed by atoms with Crippen molar-refractivity contribution in [3.63, 3.8) is 0 Å². The first-order valence-corrected chi connectivity index (χ1v) is 2.50. The number of nitrogens with zero attached hydrogens (tertiary/aromatic N) is 2. The summed E-state index contributed by atoms with van der Waals surface area (Å²) in [6.45, 7) is 0. The van der Waals surface area contributed by atoms with Gasteiger partial charge in [-0.3, -0.25) is 0 Å². The molecule has 0 saturated heterocycles. The van der Waals surface area contributed by atoms with Crippen LogP contribution in [0, 0.1) is 0 Å². The molecule has 1 rings (SSSR count). The van der Waals surface area contributed by atoms with Gasteiger partial charge < -0.3 is 15.6 Å². The monoisotopic (exact) mass is 138 g/mol. The lowest BCUT2D eigenvalue weighted by Gasteiger charge is -1.97. The van der Waals surface area contributed by atoms with Gasteiger partial charge in [0.05, 0.1) is 5.97 Å². The summed E-state index contributed by atoms with van der Waals surface area (Å²) in [6.07, 6.45) is 0. The molecule has 5 heteroatoms. The van der Waals surface area contributed by atoms with Gasteiger partial charge in [-0.2, -0.15) is 0 Å². The van der Waals surface area contributed by atoms with Gasteiger partial charge in [0.25, 0.3) is 0 Å². The van der Waals surface area contributed by atoms with E-state index in [0.29, 0.717) is 0 Å². The zero-order valence-electron chi connectivity index (χ0n) is 4.94. The molecule has 0 aromatic carbocycles. The highest BCUT2D eigenvalue weighted by molar-refractivity contribution is 5.83. The normalized spacial score (nSPS) is 9.20. The Hall–Kier alpha value is -1.65. The van der Waals surface area contributed by atoms with Crippen molar-refractivity contribution in [3.8, 4) is 0 Å². The Labute approximate surface area is 56.5 Å². The number of carboxylic acids is 1.